The molecule has 8 heteroatoms. The molecule has 0 aliphatic heterocycles. The topological polar surface area (TPSA) is 127 Å². The Morgan fingerprint density at radius 2 is 1.28 bits per heavy atom. The minimum absolute atomic E-state index is 0.0969. The van der Waals surface area contributed by atoms with E-state index >= 15 is 0 Å². The summed E-state index contributed by atoms with van der Waals surface area (Å²) in [4.78, 5) is 42.5. The van der Waals surface area contributed by atoms with E-state index in [9.17, 15) is 19.2 Å². The SMILES string of the molecule is O=COC1C[C@H](OC=O)C(C(=O)O)CC1C(=O)O. The highest BCUT2D eigenvalue weighted by Crippen LogP contribution is 2.33. The van der Waals surface area contributed by atoms with Crippen molar-refractivity contribution in [3.63, 3.8) is 0 Å². The maximum Gasteiger partial charge on any atom is 0.310 e. The Morgan fingerprint density at radius 3 is 1.56 bits per heavy atom. The molecule has 1 aliphatic rings. The Hall–Kier alpha value is -2.12. The lowest BCUT2D eigenvalue weighted by Crippen LogP contribution is -2.46. The zero-order valence-electron chi connectivity index (χ0n) is 9.22. The lowest BCUT2D eigenvalue weighted by atomic mass is 9.77. The highest BCUT2D eigenvalue weighted by Gasteiger charge is 2.46. The first-order valence-corrected chi connectivity index (χ1v) is 5.15. The number of carbonyl (C=O) groups excluding carboxylic acids is 2. The summed E-state index contributed by atoms with van der Waals surface area (Å²) in [5, 5.41) is 17.9. The van der Waals surface area contributed by atoms with Gasteiger partial charge >= 0.3 is 11.9 Å². The molecule has 0 aromatic carbocycles. The van der Waals surface area contributed by atoms with Crippen molar-refractivity contribution in [1.82, 2.24) is 0 Å². The minimum Gasteiger partial charge on any atom is -0.481 e. The van der Waals surface area contributed by atoms with Crippen LogP contribution >= 0.6 is 0 Å². The highest BCUT2D eigenvalue weighted by atomic mass is 16.5. The molecule has 0 heterocycles. The molecule has 0 bridgehead atoms. The van der Waals surface area contributed by atoms with E-state index in [-0.39, 0.29) is 25.8 Å². The smallest absolute Gasteiger partial charge is 0.310 e. The number of hydrogen-bond acceptors (Lipinski definition) is 6. The van der Waals surface area contributed by atoms with Crippen LogP contribution in [0.4, 0.5) is 0 Å². The van der Waals surface area contributed by atoms with Gasteiger partial charge in [0.05, 0.1) is 11.8 Å². The molecule has 1 saturated carbocycles. The molecular formula is C10H12O8. The number of hydrogen-bond donors (Lipinski definition) is 2. The van der Waals surface area contributed by atoms with Crippen molar-refractivity contribution in [2.75, 3.05) is 0 Å². The lowest BCUT2D eigenvalue weighted by molar-refractivity contribution is -0.169. The summed E-state index contributed by atoms with van der Waals surface area (Å²) >= 11 is 0. The molecule has 100 valence electrons. The largest absolute Gasteiger partial charge is 0.481 e. The molecule has 1 rings (SSSR count). The molecular weight excluding hydrogens is 248 g/mol. The molecule has 0 aromatic rings. The van der Waals surface area contributed by atoms with Gasteiger partial charge < -0.3 is 19.7 Å². The van der Waals surface area contributed by atoms with Gasteiger partial charge in [-0.3, -0.25) is 19.2 Å². The molecule has 2 N–H and O–H groups in total. The van der Waals surface area contributed by atoms with Crippen LogP contribution in [0.2, 0.25) is 0 Å². The molecule has 0 radical (unpaired) electrons. The molecule has 0 aromatic heterocycles. The second-order valence-electron chi connectivity index (χ2n) is 3.90. The van der Waals surface area contributed by atoms with E-state index in [0.29, 0.717) is 0 Å². The van der Waals surface area contributed by atoms with Crippen LogP contribution in [0.15, 0.2) is 0 Å². The number of carboxylic acids is 2. The predicted molar refractivity (Wildman–Crippen MR) is 53.4 cm³/mol. The van der Waals surface area contributed by atoms with Crippen LogP contribution in [0.3, 0.4) is 0 Å². The van der Waals surface area contributed by atoms with Crippen LogP contribution in [-0.2, 0) is 28.7 Å². The van der Waals surface area contributed by atoms with Crippen LogP contribution in [0.5, 0.6) is 0 Å². The van der Waals surface area contributed by atoms with Crippen molar-refractivity contribution in [3.05, 3.63) is 0 Å². The fourth-order valence-corrected chi connectivity index (χ4v) is 2.10. The van der Waals surface area contributed by atoms with Gasteiger partial charge in [-0.1, -0.05) is 0 Å². The summed E-state index contributed by atoms with van der Waals surface area (Å²) in [5.41, 5.74) is 0. The molecule has 1 aliphatic carbocycles. The molecule has 0 amide bonds. The van der Waals surface area contributed by atoms with Crippen LogP contribution < -0.4 is 0 Å². The standard InChI is InChI=1S/C10H12O8/c11-3-17-7-2-8(18-4-12)6(10(15)16)1-5(7)9(13)14/h3-8H,1-2H2,(H,13,14)(H,15,16)/t5?,6?,7-,8?/m0/s1. The van der Waals surface area contributed by atoms with Gasteiger partial charge in [0.25, 0.3) is 12.9 Å². The molecule has 18 heavy (non-hydrogen) atoms. The van der Waals surface area contributed by atoms with Crippen molar-refractivity contribution < 1.29 is 38.9 Å². The second-order valence-corrected chi connectivity index (χ2v) is 3.90. The zero-order valence-corrected chi connectivity index (χ0v) is 9.22. The van der Waals surface area contributed by atoms with Crippen molar-refractivity contribution in [1.29, 1.82) is 0 Å². The van der Waals surface area contributed by atoms with E-state index in [1.807, 2.05) is 0 Å². The molecule has 0 saturated heterocycles. The Balaban J connectivity index is 2.90. The number of aliphatic carboxylic acids is 2. The zero-order chi connectivity index (χ0) is 13.7. The van der Waals surface area contributed by atoms with E-state index in [0.717, 1.165) is 0 Å². The Labute approximate surface area is 101 Å². The third-order valence-electron chi connectivity index (χ3n) is 2.97. The summed E-state index contributed by atoms with van der Waals surface area (Å²) < 4.78 is 9.22. The number of rotatable bonds is 6. The first-order chi connectivity index (χ1) is 8.51. The summed E-state index contributed by atoms with van der Waals surface area (Å²) in [6, 6.07) is 0. The summed E-state index contributed by atoms with van der Waals surface area (Å²) in [7, 11) is 0. The van der Waals surface area contributed by atoms with Crippen LogP contribution in [0.25, 0.3) is 0 Å². The van der Waals surface area contributed by atoms with Gasteiger partial charge in [-0.05, 0) is 6.42 Å². The van der Waals surface area contributed by atoms with Gasteiger partial charge in [-0.25, -0.2) is 0 Å². The van der Waals surface area contributed by atoms with E-state index in [1.165, 1.54) is 0 Å². The summed E-state index contributed by atoms with van der Waals surface area (Å²) in [6.45, 7) is 0.194. The van der Waals surface area contributed by atoms with E-state index < -0.39 is 36.0 Å². The summed E-state index contributed by atoms with van der Waals surface area (Å²) in [5.74, 6) is -4.75. The fourth-order valence-electron chi connectivity index (χ4n) is 2.10. The van der Waals surface area contributed by atoms with Crippen LogP contribution in [0.1, 0.15) is 12.8 Å². The maximum atomic E-state index is 11.0. The Morgan fingerprint density at radius 1 is 0.889 bits per heavy atom. The molecule has 1 fully saturated rings. The fraction of sp³-hybridized carbons (Fsp3) is 0.600. The second kappa shape index (κ2) is 5.99. The van der Waals surface area contributed by atoms with Gasteiger partial charge in [-0.15, -0.1) is 0 Å². The molecule has 4 atom stereocenters. The van der Waals surface area contributed by atoms with Gasteiger partial charge in [-0.2, -0.15) is 0 Å². The first kappa shape index (κ1) is 13.9. The average Bonchev–Trinajstić information content (AvgIpc) is 2.29. The van der Waals surface area contributed by atoms with Crippen LogP contribution in [0, 0.1) is 11.8 Å². The first-order valence-electron chi connectivity index (χ1n) is 5.15. The lowest BCUT2D eigenvalue weighted by Gasteiger charge is -2.35. The van der Waals surface area contributed by atoms with Crippen molar-refractivity contribution in [2.24, 2.45) is 11.8 Å². The predicted octanol–water partition coefficient (Wildman–Crippen LogP) is -0.735. The number of ether oxygens (including phenoxy) is 2. The van der Waals surface area contributed by atoms with Crippen molar-refractivity contribution >= 4 is 24.9 Å². The van der Waals surface area contributed by atoms with E-state index in [4.69, 9.17) is 10.2 Å². The average molecular weight is 260 g/mol. The molecule has 0 spiro atoms. The van der Waals surface area contributed by atoms with Gasteiger partial charge in [0, 0.05) is 6.42 Å². The Bertz CT molecular complexity index is 320. The number of carbonyl (C=O) groups is 4. The Kier molecular flexibility index (Phi) is 4.64. The number of carboxylic acid groups (broad SMARTS) is 2. The highest BCUT2D eigenvalue weighted by molar-refractivity contribution is 5.75. The van der Waals surface area contributed by atoms with Crippen molar-refractivity contribution in [2.45, 2.75) is 25.0 Å². The molecule has 8 nitrogen and oxygen atoms in total. The van der Waals surface area contributed by atoms with E-state index in [1.54, 1.807) is 0 Å². The monoisotopic (exact) mass is 260 g/mol. The third-order valence-corrected chi connectivity index (χ3v) is 2.97. The van der Waals surface area contributed by atoms with Crippen LogP contribution in [-0.4, -0.2) is 47.3 Å². The van der Waals surface area contributed by atoms with Crippen molar-refractivity contribution in [3.8, 4) is 0 Å². The van der Waals surface area contributed by atoms with E-state index in [2.05, 4.69) is 9.47 Å². The maximum absolute atomic E-state index is 11.0. The summed E-state index contributed by atoms with van der Waals surface area (Å²) in [6.07, 6.45) is -2.41. The quantitative estimate of drug-likeness (QED) is 0.598. The minimum atomic E-state index is -1.25. The van der Waals surface area contributed by atoms with Gasteiger partial charge in [0.1, 0.15) is 12.2 Å². The normalized spacial score (nSPS) is 31.1. The molecule has 3 unspecified atom stereocenters. The van der Waals surface area contributed by atoms with Gasteiger partial charge in [0.15, 0.2) is 0 Å². The third kappa shape index (κ3) is 2.96. The van der Waals surface area contributed by atoms with Gasteiger partial charge in [0.2, 0.25) is 0 Å².